The Labute approximate surface area is 78.4 Å². The first-order valence-electron chi connectivity index (χ1n) is 4.96. The summed E-state index contributed by atoms with van der Waals surface area (Å²) in [4.78, 5) is 0. The summed E-state index contributed by atoms with van der Waals surface area (Å²) in [7, 11) is 0. The summed E-state index contributed by atoms with van der Waals surface area (Å²) in [6.07, 6.45) is 2.35. The molecule has 2 heterocycles. The van der Waals surface area contributed by atoms with Crippen LogP contribution >= 0.6 is 0 Å². The van der Waals surface area contributed by atoms with Crippen molar-refractivity contribution in [1.29, 1.82) is 0 Å². The van der Waals surface area contributed by atoms with E-state index in [9.17, 15) is 5.11 Å². The number of ether oxygens (including phenoxy) is 1. The van der Waals surface area contributed by atoms with Gasteiger partial charge in [0.05, 0.1) is 11.1 Å². The molecule has 13 heavy (non-hydrogen) atoms. The minimum atomic E-state index is -0.714. The standard InChI is InChI=1S/C9H18N2O2/c10-8(6-11-7-8)9(12)2-1-4-13-5-3-9/h11-12H,1-7,10H2. The van der Waals surface area contributed by atoms with Crippen molar-refractivity contribution in [1.82, 2.24) is 5.32 Å². The predicted octanol–water partition coefficient (Wildman–Crippen LogP) is -0.781. The number of hydrogen-bond acceptors (Lipinski definition) is 4. The molecule has 2 saturated heterocycles. The van der Waals surface area contributed by atoms with Crippen LogP contribution in [0.15, 0.2) is 0 Å². The van der Waals surface area contributed by atoms with E-state index in [0.29, 0.717) is 13.0 Å². The second-order valence-electron chi connectivity index (χ2n) is 4.26. The highest BCUT2D eigenvalue weighted by Gasteiger charge is 2.51. The third-order valence-electron chi connectivity index (χ3n) is 3.35. The van der Waals surface area contributed by atoms with E-state index in [4.69, 9.17) is 10.5 Å². The molecule has 0 bridgehead atoms. The Morgan fingerprint density at radius 2 is 2.00 bits per heavy atom. The molecule has 2 rings (SSSR count). The zero-order valence-corrected chi connectivity index (χ0v) is 7.88. The SMILES string of the molecule is NC1(C2(O)CCCOCC2)CNC1. The molecule has 0 spiro atoms. The second kappa shape index (κ2) is 3.20. The van der Waals surface area contributed by atoms with E-state index in [1.165, 1.54) is 0 Å². The van der Waals surface area contributed by atoms with Crippen molar-refractivity contribution in [3.05, 3.63) is 0 Å². The van der Waals surface area contributed by atoms with Gasteiger partial charge in [-0.25, -0.2) is 0 Å². The van der Waals surface area contributed by atoms with Crippen LogP contribution < -0.4 is 11.1 Å². The van der Waals surface area contributed by atoms with Crippen LogP contribution in [0.5, 0.6) is 0 Å². The summed E-state index contributed by atoms with van der Waals surface area (Å²) in [5.74, 6) is 0. The zero-order valence-electron chi connectivity index (χ0n) is 7.88. The summed E-state index contributed by atoms with van der Waals surface area (Å²) >= 11 is 0. The third kappa shape index (κ3) is 1.48. The molecular weight excluding hydrogens is 168 g/mol. The molecule has 1 atom stereocenters. The molecule has 0 radical (unpaired) electrons. The topological polar surface area (TPSA) is 67.5 Å². The molecule has 2 aliphatic rings. The van der Waals surface area contributed by atoms with E-state index >= 15 is 0 Å². The first-order valence-corrected chi connectivity index (χ1v) is 4.96. The fourth-order valence-corrected chi connectivity index (χ4v) is 2.16. The van der Waals surface area contributed by atoms with Crippen molar-refractivity contribution in [2.75, 3.05) is 26.3 Å². The Morgan fingerprint density at radius 1 is 1.23 bits per heavy atom. The fraction of sp³-hybridized carbons (Fsp3) is 1.00. The monoisotopic (exact) mass is 186 g/mol. The van der Waals surface area contributed by atoms with E-state index in [-0.39, 0.29) is 0 Å². The van der Waals surface area contributed by atoms with Crippen LogP contribution in [-0.2, 0) is 4.74 Å². The highest BCUT2D eigenvalue weighted by Crippen LogP contribution is 2.33. The van der Waals surface area contributed by atoms with Crippen molar-refractivity contribution < 1.29 is 9.84 Å². The van der Waals surface area contributed by atoms with Gasteiger partial charge in [-0.05, 0) is 12.8 Å². The van der Waals surface area contributed by atoms with Crippen LogP contribution in [0.1, 0.15) is 19.3 Å². The van der Waals surface area contributed by atoms with Crippen LogP contribution in [-0.4, -0.2) is 42.5 Å². The van der Waals surface area contributed by atoms with Gasteiger partial charge in [0, 0.05) is 32.7 Å². The van der Waals surface area contributed by atoms with E-state index in [2.05, 4.69) is 5.32 Å². The lowest BCUT2D eigenvalue weighted by Gasteiger charge is -2.50. The first-order chi connectivity index (χ1) is 6.16. The van der Waals surface area contributed by atoms with Crippen molar-refractivity contribution >= 4 is 0 Å². The maximum atomic E-state index is 10.4. The summed E-state index contributed by atoms with van der Waals surface area (Å²) in [5.41, 5.74) is 4.98. The van der Waals surface area contributed by atoms with E-state index in [1.54, 1.807) is 0 Å². The molecule has 0 aromatic rings. The molecule has 4 nitrogen and oxygen atoms in total. The van der Waals surface area contributed by atoms with Gasteiger partial charge in [0.1, 0.15) is 0 Å². The normalized spacial score (nSPS) is 39.2. The summed E-state index contributed by atoms with van der Waals surface area (Å²) in [6, 6.07) is 0. The highest BCUT2D eigenvalue weighted by atomic mass is 16.5. The van der Waals surface area contributed by atoms with Gasteiger partial charge >= 0.3 is 0 Å². The van der Waals surface area contributed by atoms with Crippen LogP contribution in [0.25, 0.3) is 0 Å². The lowest BCUT2D eigenvalue weighted by Crippen LogP contribution is -2.77. The molecular formula is C9H18N2O2. The molecule has 4 N–H and O–H groups in total. The number of rotatable bonds is 1. The maximum absolute atomic E-state index is 10.4. The van der Waals surface area contributed by atoms with Gasteiger partial charge in [0.15, 0.2) is 0 Å². The first kappa shape index (κ1) is 9.40. The van der Waals surface area contributed by atoms with Gasteiger partial charge in [0.25, 0.3) is 0 Å². The molecule has 1 unspecified atom stereocenters. The van der Waals surface area contributed by atoms with Gasteiger partial charge in [0.2, 0.25) is 0 Å². The zero-order chi connectivity index (χ0) is 9.36. The van der Waals surface area contributed by atoms with Gasteiger partial charge in [-0.2, -0.15) is 0 Å². The Morgan fingerprint density at radius 3 is 2.62 bits per heavy atom. The Bertz CT molecular complexity index is 184. The molecule has 4 heteroatoms. The molecule has 0 aromatic carbocycles. The Hall–Kier alpha value is -0.160. The van der Waals surface area contributed by atoms with Crippen molar-refractivity contribution in [3.8, 4) is 0 Å². The number of aliphatic hydroxyl groups is 1. The minimum absolute atomic E-state index is 0.416. The maximum Gasteiger partial charge on any atom is 0.0874 e. The summed E-state index contributed by atoms with van der Waals surface area (Å²) in [5, 5.41) is 13.5. The fourth-order valence-electron chi connectivity index (χ4n) is 2.16. The van der Waals surface area contributed by atoms with Crippen molar-refractivity contribution in [2.24, 2.45) is 5.73 Å². The number of nitrogens with two attached hydrogens (primary N) is 1. The van der Waals surface area contributed by atoms with Gasteiger partial charge in [-0.1, -0.05) is 0 Å². The van der Waals surface area contributed by atoms with Gasteiger partial charge in [-0.15, -0.1) is 0 Å². The average Bonchev–Trinajstić information content (AvgIpc) is 2.27. The van der Waals surface area contributed by atoms with Crippen molar-refractivity contribution in [2.45, 2.75) is 30.4 Å². The number of hydrogen-bond donors (Lipinski definition) is 3. The van der Waals surface area contributed by atoms with Crippen LogP contribution in [0.3, 0.4) is 0 Å². The minimum Gasteiger partial charge on any atom is -0.388 e. The average molecular weight is 186 g/mol. The van der Waals surface area contributed by atoms with Crippen LogP contribution in [0, 0.1) is 0 Å². The summed E-state index contributed by atoms with van der Waals surface area (Å²) in [6.45, 7) is 2.84. The lowest BCUT2D eigenvalue weighted by molar-refractivity contribution is -0.0712. The second-order valence-corrected chi connectivity index (χ2v) is 4.26. The van der Waals surface area contributed by atoms with Gasteiger partial charge in [-0.3, -0.25) is 0 Å². The van der Waals surface area contributed by atoms with Crippen molar-refractivity contribution in [3.63, 3.8) is 0 Å². The molecule has 2 fully saturated rings. The number of nitrogens with one attached hydrogen (secondary N) is 1. The van der Waals surface area contributed by atoms with Crippen LogP contribution in [0.2, 0.25) is 0 Å². The predicted molar refractivity (Wildman–Crippen MR) is 49.4 cm³/mol. The van der Waals surface area contributed by atoms with E-state index in [0.717, 1.165) is 32.5 Å². The Kier molecular flexibility index (Phi) is 2.32. The molecule has 2 aliphatic heterocycles. The molecule has 76 valence electrons. The largest absolute Gasteiger partial charge is 0.388 e. The smallest absolute Gasteiger partial charge is 0.0874 e. The Balaban J connectivity index is 2.07. The van der Waals surface area contributed by atoms with E-state index in [1.807, 2.05) is 0 Å². The third-order valence-corrected chi connectivity index (χ3v) is 3.35. The lowest BCUT2D eigenvalue weighted by atomic mass is 9.72. The highest BCUT2D eigenvalue weighted by molar-refractivity contribution is 5.12. The molecule has 0 amide bonds. The molecule has 0 aliphatic carbocycles. The quantitative estimate of drug-likeness (QED) is 0.502. The van der Waals surface area contributed by atoms with Crippen LogP contribution in [0.4, 0.5) is 0 Å². The van der Waals surface area contributed by atoms with Gasteiger partial charge < -0.3 is 20.9 Å². The molecule has 0 aromatic heterocycles. The molecule has 0 saturated carbocycles. The summed E-state index contributed by atoms with van der Waals surface area (Å²) < 4.78 is 5.32. The van der Waals surface area contributed by atoms with E-state index < -0.39 is 11.1 Å².